The molecule has 1 nitrogen and oxygen atoms in total. The predicted octanol–water partition coefficient (Wildman–Crippen LogP) is 5.44. The molecular formula is C17H18BrClFN. The van der Waals surface area contributed by atoms with Crippen LogP contribution in [-0.2, 0) is 6.42 Å². The van der Waals surface area contributed by atoms with Crippen molar-refractivity contribution in [3.05, 3.63) is 68.4 Å². The molecule has 2 aromatic carbocycles. The summed E-state index contributed by atoms with van der Waals surface area (Å²) < 4.78 is 15.1. The summed E-state index contributed by atoms with van der Waals surface area (Å²) in [6.07, 6.45) is 0.524. The molecule has 1 atom stereocenters. The third kappa shape index (κ3) is 3.85. The molecule has 0 fully saturated rings. The summed E-state index contributed by atoms with van der Waals surface area (Å²) in [6.45, 7) is 4.92. The molecule has 0 aliphatic heterocycles. The molecular weight excluding hydrogens is 353 g/mol. The van der Waals surface area contributed by atoms with E-state index in [1.165, 1.54) is 6.07 Å². The topological polar surface area (TPSA) is 12.0 Å². The molecule has 0 saturated heterocycles. The van der Waals surface area contributed by atoms with Gasteiger partial charge in [0.15, 0.2) is 0 Å². The van der Waals surface area contributed by atoms with Gasteiger partial charge < -0.3 is 5.32 Å². The smallest absolute Gasteiger partial charge is 0.127 e. The second kappa shape index (κ2) is 7.39. The normalized spacial score (nSPS) is 12.4. The summed E-state index contributed by atoms with van der Waals surface area (Å²) in [4.78, 5) is 0. The van der Waals surface area contributed by atoms with E-state index >= 15 is 0 Å². The van der Waals surface area contributed by atoms with Crippen LogP contribution in [0.4, 0.5) is 4.39 Å². The van der Waals surface area contributed by atoms with Crippen molar-refractivity contribution >= 4 is 27.5 Å². The molecule has 1 N–H and O–H groups in total. The number of nitrogens with one attached hydrogen (secondary N) is 1. The standard InChI is InChI=1S/C17H18BrClFN/c1-3-21-17(12-6-4-7-14(18)11(12)2)10-13-15(19)8-5-9-16(13)20/h4-9,17,21H,3,10H2,1-2H3. The second-order valence-electron chi connectivity index (χ2n) is 4.97. The highest BCUT2D eigenvalue weighted by Crippen LogP contribution is 2.30. The van der Waals surface area contributed by atoms with Gasteiger partial charge in [0, 0.05) is 21.1 Å². The molecule has 0 amide bonds. The quantitative estimate of drug-likeness (QED) is 0.738. The van der Waals surface area contributed by atoms with Crippen LogP contribution in [0.3, 0.4) is 0 Å². The predicted molar refractivity (Wildman–Crippen MR) is 90.4 cm³/mol. The fourth-order valence-corrected chi connectivity index (χ4v) is 3.09. The number of likely N-dealkylation sites (N-methyl/N-ethyl adjacent to an activating group) is 1. The maximum atomic E-state index is 14.0. The van der Waals surface area contributed by atoms with Gasteiger partial charge in [0.2, 0.25) is 0 Å². The molecule has 1 unspecified atom stereocenters. The zero-order valence-corrected chi connectivity index (χ0v) is 14.4. The highest BCUT2D eigenvalue weighted by molar-refractivity contribution is 9.10. The zero-order valence-electron chi connectivity index (χ0n) is 12.1. The Balaban J connectivity index is 2.38. The van der Waals surface area contributed by atoms with E-state index in [0.29, 0.717) is 17.0 Å². The first kappa shape index (κ1) is 16.5. The Morgan fingerprint density at radius 1 is 1.24 bits per heavy atom. The lowest BCUT2D eigenvalue weighted by Gasteiger charge is -2.22. The minimum atomic E-state index is -0.252. The van der Waals surface area contributed by atoms with Gasteiger partial charge in [0.05, 0.1) is 0 Å². The van der Waals surface area contributed by atoms with Crippen molar-refractivity contribution in [2.24, 2.45) is 0 Å². The summed E-state index contributed by atoms with van der Waals surface area (Å²) in [6, 6.07) is 10.9. The number of benzene rings is 2. The fraction of sp³-hybridized carbons (Fsp3) is 0.294. The Bertz CT molecular complexity index is 610. The third-order valence-corrected chi connectivity index (χ3v) is 4.82. The molecule has 0 bridgehead atoms. The Hall–Kier alpha value is -0.900. The van der Waals surface area contributed by atoms with Gasteiger partial charge in [0.25, 0.3) is 0 Å². The number of halogens is 3. The molecule has 0 aliphatic carbocycles. The van der Waals surface area contributed by atoms with Crippen LogP contribution < -0.4 is 5.32 Å². The van der Waals surface area contributed by atoms with E-state index in [4.69, 9.17) is 11.6 Å². The summed E-state index contributed by atoms with van der Waals surface area (Å²) in [5.41, 5.74) is 2.88. The average Bonchev–Trinajstić information content (AvgIpc) is 2.45. The van der Waals surface area contributed by atoms with Crippen molar-refractivity contribution in [3.8, 4) is 0 Å². The van der Waals surface area contributed by atoms with Crippen molar-refractivity contribution < 1.29 is 4.39 Å². The second-order valence-corrected chi connectivity index (χ2v) is 6.23. The molecule has 112 valence electrons. The van der Waals surface area contributed by atoms with Gasteiger partial charge in [-0.1, -0.05) is 52.7 Å². The maximum absolute atomic E-state index is 14.0. The van der Waals surface area contributed by atoms with Gasteiger partial charge in [-0.05, 0) is 49.2 Å². The Morgan fingerprint density at radius 2 is 1.95 bits per heavy atom. The first-order chi connectivity index (χ1) is 10.0. The minimum absolute atomic E-state index is 0.0295. The summed E-state index contributed by atoms with van der Waals surface area (Å²) in [5.74, 6) is -0.252. The molecule has 0 saturated carbocycles. The van der Waals surface area contributed by atoms with Gasteiger partial charge in [-0.2, -0.15) is 0 Å². The minimum Gasteiger partial charge on any atom is -0.310 e. The van der Waals surface area contributed by atoms with E-state index in [2.05, 4.69) is 34.2 Å². The third-order valence-electron chi connectivity index (χ3n) is 3.61. The van der Waals surface area contributed by atoms with Crippen LogP contribution in [-0.4, -0.2) is 6.54 Å². The van der Waals surface area contributed by atoms with Crippen LogP contribution in [0.1, 0.15) is 29.7 Å². The molecule has 0 radical (unpaired) electrons. The Morgan fingerprint density at radius 3 is 2.62 bits per heavy atom. The van der Waals surface area contributed by atoms with Gasteiger partial charge >= 0.3 is 0 Å². The van der Waals surface area contributed by atoms with Crippen molar-refractivity contribution in [1.29, 1.82) is 0 Å². The van der Waals surface area contributed by atoms with Crippen molar-refractivity contribution in [1.82, 2.24) is 5.32 Å². The number of hydrogen-bond acceptors (Lipinski definition) is 1. The summed E-state index contributed by atoms with van der Waals surface area (Å²) >= 11 is 9.71. The highest BCUT2D eigenvalue weighted by Gasteiger charge is 2.18. The van der Waals surface area contributed by atoms with Crippen molar-refractivity contribution in [2.75, 3.05) is 6.54 Å². The van der Waals surface area contributed by atoms with E-state index < -0.39 is 0 Å². The number of rotatable bonds is 5. The summed E-state index contributed by atoms with van der Waals surface area (Å²) in [5, 5.41) is 3.90. The highest BCUT2D eigenvalue weighted by atomic mass is 79.9. The monoisotopic (exact) mass is 369 g/mol. The van der Waals surface area contributed by atoms with Crippen LogP contribution in [0.2, 0.25) is 5.02 Å². The maximum Gasteiger partial charge on any atom is 0.127 e. The largest absolute Gasteiger partial charge is 0.310 e. The van der Waals surface area contributed by atoms with Crippen LogP contribution in [0.25, 0.3) is 0 Å². The first-order valence-corrected chi connectivity index (χ1v) is 8.13. The van der Waals surface area contributed by atoms with Gasteiger partial charge in [0.1, 0.15) is 5.82 Å². The molecule has 0 aromatic heterocycles. The van der Waals surface area contributed by atoms with Crippen LogP contribution in [0.5, 0.6) is 0 Å². The molecule has 0 aliphatic rings. The Kier molecular flexibility index (Phi) is 5.80. The van der Waals surface area contributed by atoms with Crippen molar-refractivity contribution in [3.63, 3.8) is 0 Å². The van der Waals surface area contributed by atoms with Gasteiger partial charge in [-0.3, -0.25) is 0 Å². The molecule has 2 rings (SSSR count). The zero-order chi connectivity index (χ0) is 15.4. The van der Waals surface area contributed by atoms with Crippen LogP contribution in [0.15, 0.2) is 40.9 Å². The van der Waals surface area contributed by atoms with E-state index in [-0.39, 0.29) is 11.9 Å². The number of hydrogen-bond donors (Lipinski definition) is 1. The van der Waals surface area contributed by atoms with Crippen LogP contribution >= 0.6 is 27.5 Å². The molecule has 4 heteroatoms. The van der Waals surface area contributed by atoms with Gasteiger partial charge in [-0.15, -0.1) is 0 Å². The molecule has 21 heavy (non-hydrogen) atoms. The lowest BCUT2D eigenvalue weighted by atomic mass is 9.95. The van der Waals surface area contributed by atoms with Crippen LogP contribution in [0, 0.1) is 12.7 Å². The van der Waals surface area contributed by atoms with Crippen molar-refractivity contribution in [2.45, 2.75) is 26.3 Å². The molecule has 2 aromatic rings. The SMILES string of the molecule is CCNC(Cc1c(F)cccc1Cl)c1cccc(Br)c1C. The molecule has 0 spiro atoms. The average molecular weight is 371 g/mol. The van der Waals surface area contributed by atoms with E-state index in [0.717, 1.165) is 22.1 Å². The lowest BCUT2D eigenvalue weighted by Crippen LogP contribution is -2.24. The summed E-state index contributed by atoms with van der Waals surface area (Å²) in [7, 11) is 0. The van der Waals surface area contributed by atoms with E-state index in [9.17, 15) is 4.39 Å². The molecule has 0 heterocycles. The lowest BCUT2D eigenvalue weighted by molar-refractivity contribution is 0.526. The van der Waals surface area contributed by atoms with E-state index in [1.807, 2.05) is 19.1 Å². The van der Waals surface area contributed by atoms with E-state index in [1.54, 1.807) is 12.1 Å². The first-order valence-electron chi connectivity index (χ1n) is 6.95. The Labute approximate surface area is 138 Å². The fourth-order valence-electron chi connectivity index (χ4n) is 2.47. The van der Waals surface area contributed by atoms with Gasteiger partial charge in [-0.25, -0.2) is 4.39 Å².